The van der Waals surface area contributed by atoms with Crippen molar-refractivity contribution in [3.05, 3.63) is 42.7 Å². The number of carboxylic acids is 1. The summed E-state index contributed by atoms with van der Waals surface area (Å²) in [5.41, 5.74) is 0. The van der Waals surface area contributed by atoms with Crippen LogP contribution in [0.25, 0.3) is 0 Å². The molecule has 106 valence electrons. The van der Waals surface area contributed by atoms with Crippen molar-refractivity contribution in [2.24, 2.45) is 0 Å². The molecule has 6 heteroatoms. The fourth-order valence-corrected chi connectivity index (χ4v) is 2.38. The summed E-state index contributed by atoms with van der Waals surface area (Å²) in [6, 6.07) is 9.67. The third-order valence-corrected chi connectivity index (χ3v) is 3.55. The van der Waals surface area contributed by atoms with Crippen LogP contribution in [0.4, 0.5) is 0 Å². The summed E-state index contributed by atoms with van der Waals surface area (Å²) in [5, 5.41) is 9.39. The van der Waals surface area contributed by atoms with Crippen LogP contribution in [0.15, 0.2) is 47.9 Å². The van der Waals surface area contributed by atoms with Gasteiger partial charge in [0.25, 0.3) is 0 Å². The van der Waals surface area contributed by atoms with Gasteiger partial charge < -0.3 is 14.4 Å². The lowest BCUT2D eigenvalue weighted by atomic mass is 10.3. The highest BCUT2D eigenvalue weighted by Crippen LogP contribution is 2.16. The lowest BCUT2D eigenvalue weighted by Crippen LogP contribution is -2.06. The van der Waals surface area contributed by atoms with Gasteiger partial charge in [0.2, 0.25) is 0 Å². The second kappa shape index (κ2) is 7.59. The number of imidazole rings is 1. The van der Waals surface area contributed by atoms with Crippen LogP contribution in [-0.4, -0.2) is 33.0 Å². The lowest BCUT2D eigenvalue weighted by Gasteiger charge is -2.08. The molecule has 0 bridgehead atoms. The summed E-state index contributed by atoms with van der Waals surface area (Å²) in [5.74, 6) is 0.0490. The van der Waals surface area contributed by atoms with Crippen molar-refractivity contribution in [1.29, 1.82) is 0 Å². The molecule has 2 aromatic rings. The van der Waals surface area contributed by atoms with Crippen LogP contribution in [0.1, 0.15) is 6.42 Å². The van der Waals surface area contributed by atoms with E-state index in [1.807, 2.05) is 41.1 Å². The average Bonchev–Trinajstić information content (AvgIpc) is 2.90. The largest absolute Gasteiger partial charge is 0.494 e. The van der Waals surface area contributed by atoms with Gasteiger partial charge >= 0.3 is 5.97 Å². The average molecular weight is 292 g/mol. The minimum Gasteiger partial charge on any atom is -0.494 e. The fourth-order valence-electron chi connectivity index (χ4n) is 1.67. The molecule has 0 aliphatic rings. The second-order valence-electron chi connectivity index (χ2n) is 4.10. The number of para-hydroxylation sites is 1. The highest BCUT2D eigenvalue weighted by molar-refractivity contribution is 7.99. The number of carboxylic acid groups (broad SMARTS) is 1. The Morgan fingerprint density at radius 1 is 1.35 bits per heavy atom. The molecule has 0 spiro atoms. The molecular weight excluding hydrogens is 276 g/mol. The van der Waals surface area contributed by atoms with E-state index in [-0.39, 0.29) is 5.75 Å². The zero-order valence-electron chi connectivity index (χ0n) is 10.9. The number of carbonyl (C=O) groups is 1. The molecule has 1 N–H and O–H groups in total. The summed E-state index contributed by atoms with van der Waals surface area (Å²) >= 11 is 1.23. The molecule has 1 aromatic heterocycles. The molecular formula is C14H16N2O3S. The molecule has 0 saturated carbocycles. The SMILES string of the molecule is O=C(O)CSc1nccn1CCCOc1ccccc1. The van der Waals surface area contributed by atoms with Crippen LogP contribution < -0.4 is 4.74 Å². The number of rotatable bonds is 8. The van der Waals surface area contributed by atoms with E-state index in [9.17, 15) is 4.79 Å². The molecule has 0 atom stereocenters. The minimum absolute atomic E-state index is 0.0253. The molecule has 0 aliphatic heterocycles. The number of ether oxygens (including phenoxy) is 1. The van der Waals surface area contributed by atoms with Gasteiger partial charge in [-0.3, -0.25) is 4.79 Å². The van der Waals surface area contributed by atoms with E-state index in [1.165, 1.54) is 11.8 Å². The second-order valence-corrected chi connectivity index (χ2v) is 5.04. The summed E-state index contributed by atoms with van der Waals surface area (Å²) < 4.78 is 7.55. The van der Waals surface area contributed by atoms with Gasteiger partial charge in [0.1, 0.15) is 5.75 Å². The predicted molar refractivity (Wildman–Crippen MR) is 77.1 cm³/mol. The van der Waals surface area contributed by atoms with E-state index in [4.69, 9.17) is 9.84 Å². The first-order valence-electron chi connectivity index (χ1n) is 6.29. The van der Waals surface area contributed by atoms with Crippen LogP contribution in [0.5, 0.6) is 5.75 Å². The molecule has 0 amide bonds. The Balaban J connectivity index is 1.74. The molecule has 0 fully saturated rings. The number of hydrogen-bond donors (Lipinski definition) is 1. The van der Waals surface area contributed by atoms with Crippen molar-refractivity contribution in [3.8, 4) is 5.75 Å². The van der Waals surface area contributed by atoms with Gasteiger partial charge in [0, 0.05) is 18.9 Å². The predicted octanol–water partition coefficient (Wildman–Crippen LogP) is 2.53. The normalized spacial score (nSPS) is 10.4. The number of aliphatic carboxylic acids is 1. The smallest absolute Gasteiger partial charge is 0.313 e. The van der Waals surface area contributed by atoms with Crippen molar-refractivity contribution >= 4 is 17.7 Å². The van der Waals surface area contributed by atoms with Gasteiger partial charge in [-0.05, 0) is 18.6 Å². The maximum atomic E-state index is 10.5. The first kappa shape index (κ1) is 14.5. The van der Waals surface area contributed by atoms with Crippen molar-refractivity contribution < 1.29 is 14.6 Å². The van der Waals surface area contributed by atoms with Gasteiger partial charge in [0.15, 0.2) is 5.16 Å². The van der Waals surface area contributed by atoms with Crippen molar-refractivity contribution in [2.75, 3.05) is 12.4 Å². The number of thioether (sulfide) groups is 1. The number of benzene rings is 1. The van der Waals surface area contributed by atoms with Crippen LogP contribution in [0.3, 0.4) is 0 Å². The summed E-state index contributed by atoms with van der Waals surface area (Å²) in [7, 11) is 0. The highest BCUT2D eigenvalue weighted by atomic mass is 32.2. The zero-order valence-corrected chi connectivity index (χ0v) is 11.8. The zero-order chi connectivity index (χ0) is 14.2. The fraction of sp³-hybridized carbons (Fsp3) is 0.286. The molecule has 0 unspecified atom stereocenters. The van der Waals surface area contributed by atoms with Crippen molar-refractivity contribution in [3.63, 3.8) is 0 Å². The number of hydrogen-bond acceptors (Lipinski definition) is 4. The van der Waals surface area contributed by atoms with Gasteiger partial charge in [0.05, 0.1) is 12.4 Å². The van der Waals surface area contributed by atoms with E-state index in [2.05, 4.69) is 4.98 Å². The van der Waals surface area contributed by atoms with Gasteiger partial charge in [-0.15, -0.1) is 0 Å². The Kier molecular flexibility index (Phi) is 5.49. The molecule has 2 rings (SSSR count). The molecule has 0 aliphatic carbocycles. The maximum absolute atomic E-state index is 10.5. The Labute approximate surface area is 121 Å². The summed E-state index contributed by atoms with van der Waals surface area (Å²) in [6.45, 7) is 1.38. The van der Waals surface area contributed by atoms with Crippen LogP contribution in [-0.2, 0) is 11.3 Å². The lowest BCUT2D eigenvalue weighted by molar-refractivity contribution is -0.133. The molecule has 0 saturated heterocycles. The third-order valence-electron chi connectivity index (χ3n) is 2.56. The standard InChI is InChI=1S/C14H16N2O3S/c17-13(18)11-20-14-15-7-9-16(14)8-4-10-19-12-5-2-1-3-6-12/h1-3,5-7,9H,4,8,10-11H2,(H,17,18). The van der Waals surface area contributed by atoms with E-state index in [0.717, 1.165) is 23.9 Å². The Hall–Kier alpha value is -1.95. The van der Waals surface area contributed by atoms with E-state index >= 15 is 0 Å². The first-order chi connectivity index (χ1) is 9.75. The van der Waals surface area contributed by atoms with Gasteiger partial charge in [-0.1, -0.05) is 30.0 Å². The van der Waals surface area contributed by atoms with Gasteiger partial charge in [-0.25, -0.2) is 4.98 Å². The van der Waals surface area contributed by atoms with Crippen LogP contribution >= 0.6 is 11.8 Å². The van der Waals surface area contributed by atoms with Crippen molar-refractivity contribution in [1.82, 2.24) is 9.55 Å². The Morgan fingerprint density at radius 2 is 2.15 bits per heavy atom. The van der Waals surface area contributed by atoms with E-state index in [0.29, 0.717) is 6.61 Å². The quantitative estimate of drug-likeness (QED) is 0.598. The molecule has 5 nitrogen and oxygen atoms in total. The van der Waals surface area contributed by atoms with Gasteiger partial charge in [-0.2, -0.15) is 0 Å². The summed E-state index contributed by atoms with van der Waals surface area (Å²) in [6.07, 6.45) is 4.38. The third kappa shape index (κ3) is 4.62. The maximum Gasteiger partial charge on any atom is 0.313 e. The topological polar surface area (TPSA) is 64.3 Å². The summed E-state index contributed by atoms with van der Waals surface area (Å²) in [4.78, 5) is 14.7. The van der Waals surface area contributed by atoms with Crippen molar-refractivity contribution in [2.45, 2.75) is 18.1 Å². The van der Waals surface area contributed by atoms with Crippen LogP contribution in [0.2, 0.25) is 0 Å². The molecule has 0 radical (unpaired) electrons. The number of aromatic nitrogens is 2. The Morgan fingerprint density at radius 3 is 2.90 bits per heavy atom. The number of aryl methyl sites for hydroxylation is 1. The van der Waals surface area contributed by atoms with E-state index < -0.39 is 5.97 Å². The monoisotopic (exact) mass is 292 g/mol. The van der Waals surface area contributed by atoms with Crippen LogP contribution in [0, 0.1) is 0 Å². The molecule has 1 aromatic carbocycles. The number of nitrogens with zero attached hydrogens (tertiary/aromatic N) is 2. The Bertz CT molecular complexity index is 542. The van der Waals surface area contributed by atoms with E-state index in [1.54, 1.807) is 6.20 Å². The molecule has 20 heavy (non-hydrogen) atoms. The molecule has 1 heterocycles. The minimum atomic E-state index is -0.836. The first-order valence-corrected chi connectivity index (χ1v) is 7.28. The highest BCUT2D eigenvalue weighted by Gasteiger charge is 2.06.